The second-order valence-corrected chi connectivity index (χ2v) is 7.49. The molecule has 2 rings (SSSR count). The van der Waals surface area contributed by atoms with Gasteiger partial charge >= 0.3 is 0 Å². The molecule has 25 heavy (non-hydrogen) atoms. The standard InChI is InChI=1S/C20H33N3O2/c1-5-21-19(22-13-20(14-24)10-11-20)23-16(4)17-6-8-18(9-7-17)25-12-15(2)3/h6-9,15-16,24H,5,10-14H2,1-4H3,(H2,21,22,23). The van der Waals surface area contributed by atoms with Gasteiger partial charge in [-0.15, -0.1) is 0 Å². The van der Waals surface area contributed by atoms with Crippen molar-refractivity contribution in [2.24, 2.45) is 16.3 Å². The molecule has 1 aliphatic carbocycles. The third-order valence-corrected chi connectivity index (χ3v) is 4.53. The number of guanidine groups is 1. The molecule has 1 fully saturated rings. The first-order valence-corrected chi connectivity index (χ1v) is 9.36. The van der Waals surface area contributed by atoms with Gasteiger partial charge < -0.3 is 20.5 Å². The van der Waals surface area contributed by atoms with Crippen LogP contribution in [0.25, 0.3) is 0 Å². The zero-order chi connectivity index (χ0) is 18.3. The molecule has 1 saturated carbocycles. The van der Waals surface area contributed by atoms with E-state index in [0.29, 0.717) is 12.5 Å². The van der Waals surface area contributed by atoms with Crippen molar-refractivity contribution in [3.8, 4) is 5.75 Å². The monoisotopic (exact) mass is 347 g/mol. The fourth-order valence-electron chi connectivity index (χ4n) is 2.51. The lowest BCUT2D eigenvalue weighted by atomic mass is 10.1. The minimum Gasteiger partial charge on any atom is -0.493 e. The van der Waals surface area contributed by atoms with E-state index in [2.05, 4.69) is 55.5 Å². The van der Waals surface area contributed by atoms with E-state index in [1.165, 1.54) is 5.56 Å². The molecule has 5 nitrogen and oxygen atoms in total. The molecule has 0 spiro atoms. The summed E-state index contributed by atoms with van der Waals surface area (Å²) in [6.45, 7) is 10.9. The summed E-state index contributed by atoms with van der Waals surface area (Å²) < 4.78 is 5.74. The number of nitrogens with one attached hydrogen (secondary N) is 2. The molecule has 1 aromatic rings. The largest absolute Gasteiger partial charge is 0.493 e. The highest BCUT2D eigenvalue weighted by Crippen LogP contribution is 2.45. The average Bonchev–Trinajstić information content (AvgIpc) is 3.39. The molecule has 1 aliphatic rings. The van der Waals surface area contributed by atoms with Crippen molar-refractivity contribution in [2.75, 3.05) is 26.3 Å². The maximum Gasteiger partial charge on any atom is 0.191 e. The van der Waals surface area contributed by atoms with E-state index < -0.39 is 0 Å². The summed E-state index contributed by atoms with van der Waals surface area (Å²) in [6.07, 6.45) is 2.14. The Hall–Kier alpha value is -1.75. The van der Waals surface area contributed by atoms with Crippen LogP contribution in [0.15, 0.2) is 29.3 Å². The SMILES string of the molecule is CCNC(=NCC1(CO)CC1)NC(C)c1ccc(OCC(C)C)cc1. The first-order valence-electron chi connectivity index (χ1n) is 9.36. The van der Waals surface area contributed by atoms with Gasteiger partial charge in [0.15, 0.2) is 5.96 Å². The Kier molecular flexibility index (Phi) is 7.12. The number of aliphatic hydroxyl groups excluding tert-OH is 1. The average molecular weight is 348 g/mol. The van der Waals surface area contributed by atoms with Gasteiger partial charge in [0.25, 0.3) is 0 Å². The number of ether oxygens (including phenoxy) is 1. The minimum atomic E-state index is 0.0288. The Bertz CT molecular complexity index is 551. The first-order chi connectivity index (χ1) is 12.0. The van der Waals surface area contributed by atoms with Crippen LogP contribution in [0.4, 0.5) is 0 Å². The normalized spacial score (nSPS) is 17.3. The van der Waals surface area contributed by atoms with Gasteiger partial charge in [0.2, 0.25) is 0 Å². The van der Waals surface area contributed by atoms with Crippen molar-refractivity contribution < 1.29 is 9.84 Å². The van der Waals surface area contributed by atoms with E-state index in [4.69, 9.17) is 4.74 Å². The summed E-state index contributed by atoms with van der Waals surface area (Å²) in [4.78, 5) is 4.66. The first kappa shape index (κ1) is 19.6. The highest BCUT2D eigenvalue weighted by Gasteiger charge is 2.41. The van der Waals surface area contributed by atoms with Crippen molar-refractivity contribution in [3.05, 3.63) is 29.8 Å². The predicted molar refractivity (Wildman–Crippen MR) is 103 cm³/mol. The summed E-state index contributed by atoms with van der Waals surface area (Å²) in [6, 6.07) is 8.36. The molecule has 0 amide bonds. The van der Waals surface area contributed by atoms with Crippen molar-refractivity contribution in [2.45, 2.75) is 46.6 Å². The highest BCUT2D eigenvalue weighted by molar-refractivity contribution is 5.80. The summed E-state index contributed by atoms with van der Waals surface area (Å²) in [7, 11) is 0. The van der Waals surface area contributed by atoms with E-state index >= 15 is 0 Å². The summed E-state index contributed by atoms with van der Waals surface area (Å²) in [5, 5.41) is 16.2. The quantitative estimate of drug-likeness (QED) is 0.474. The molecule has 3 N–H and O–H groups in total. The molecular formula is C20H33N3O2. The van der Waals surface area contributed by atoms with Gasteiger partial charge in [0, 0.05) is 12.0 Å². The topological polar surface area (TPSA) is 65.9 Å². The van der Waals surface area contributed by atoms with Gasteiger partial charge in [-0.3, -0.25) is 4.99 Å². The van der Waals surface area contributed by atoms with Crippen LogP contribution in [0.5, 0.6) is 5.75 Å². The Labute approximate surface area is 151 Å². The van der Waals surface area contributed by atoms with Crippen LogP contribution in [0.3, 0.4) is 0 Å². The lowest BCUT2D eigenvalue weighted by Crippen LogP contribution is -2.39. The maximum absolute atomic E-state index is 9.44. The molecule has 0 aliphatic heterocycles. The van der Waals surface area contributed by atoms with E-state index in [-0.39, 0.29) is 18.1 Å². The van der Waals surface area contributed by atoms with E-state index in [9.17, 15) is 5.11 Å². The zero-order valence-corrected chi connectivity index (χ0v) is 16.0. The molecule has 5 heteroatoms. The van der Waals surface area contributed by atoms with Gasteiger partial charge in [0.05, 0.1) is 25.8 Å². The number of aliphatic hydroxyl groups is 1. The molecule has 0 saturated heterocycles. The van der Waals surface area contributed by atoms with Crippen molar-refractivity contribution >= 4 is 5.96 Å². The number of aliphatic imine (C=N–C) groups is 1. The number of hydrogen-bond acceptors (Lipinski definition) is 3. The second kappa shape index (κ2) is 9.09. The van der Waals surface area contributed by atoms with Crippen LogP contribution in [-0.4, -0.2) is 37.4 Å². The summed E-state index contributed by atoms with van der Waals surface area (Å²) >= 11 is 0. The maximum atomic E-state index is 9.44. The zero-order valence-electron chi connectivity index (χ0n) is 16.0. The molecule has 0 bridgehead atoms. The van der Waals surface area contributed by atoms with Crippen molar-refractivity contribution in [1.82, 2.24) is 10.6 Å². The van der Waals surface area contributed by atoms with E-state index in [1.807, 2.05) is 12.1 Å². The molecule has 1 atom stereocenters. The van der Waals surface area contributed by atoms with Crippen LogP contribution >= 0.6 is 0 Å². The van der Waals surface area contributed by atoms with Gasteiger partial charge in [-0.05, 0) is 50.3 Å². The van der Waals surface area contributed by atoms with E-state index in [0.717, 1.165) is 37.7 Å². The molecule has 1 aromatic carbocycles. The fraction of sp³-hybridized carbons (Fsp3) is 0.650. The number of rotatable bonds is 9. The smallest absolute Gasteiger partial charge is 0.191 e. The third-order valence-electron chi connectivity index (χ3n) is 4.53. The van der Waals surface area contributed by atoms with Crippen LogP contribution in [-0.2, 0) is 0 Å². The Balaban J connectivity index is 1.93. The fourth-order valence-corrected chi connectivity index (χ4v) is 2.51. The van der Waals surface area contributed by atoms with Gasteiger partial charge in [0.1, 0.15) is 5.75 Å². The van der Waals surface area contributed by atoms with Gasteiger partial charge in [-0.25, -0.2) is 0 Å². The third kappa shape index (κ3) is 6.24. The summed E-state index contributed by atoms with van der Waals surface area (Å²) in [5.74, 6) is 2.23. The number of hydrogen-bond donors (Lipinski definition) is 3. The lowest BCUT2D eigenvalue weighted by Gasteiger charge is -2.19. The van der Waals surface area contributed by atoms with Crippen LogP contribution < -0.4 is 15.4 Å². The Morgan fingerprint density at radius 1 is 1.24 bits per heavy atom. The van der Waals surface area contributed by atoms with Gasteiger partial charge in [-0.2, -0.15) is 0 Å². The minimum absolute atomic E-state index is 0.0288. The van der Waals surface area contributed by atoms with Crippen LogP contribution in [0, 0.1) is 11.3 Å². The Morgan fingerprint density at radius 2 is 1.92 bits per heavy atom. The van der Waals surface area contributed by atoms with Crippen LogP contribution in [0.1, 0.15) is 52.1 Å². The highest BCUT2D eigenvalue weighted by atomic mass is 16.5. The second-order valence-electron chi connectivity index (χ2n) is 7.49. The molecule has 0 aromatic heterocycles. The molecule has 140 valence electrons. The number of nitrogens with zero attached hydrogens (tertiary/aromatic N) is 1. The molecule has 1 unspecified atom stereocenters. The molecular weight excluding hydrogens is 314 g/mol. The summed E-state index contributed by atoms with van der Waals surface area (Å²) in [5.41, 5.74) is 1.21. The molecule has 0 heterocycles. The Morgan fingerprint density at radius 3 is 2.44 bits per heavy atom. The van der Waals surface area contributed by atoms with E-state index in [1.54, 1.807) is 0 Å². The van der Waals surface area contributed by atoms with Crippen LogP contribution in [0.2, 0.25) is 0 Å². The molecule has 0 radical (unpaired) electrons. The number of benzene rings is 1. The predicted octanol–water partition coefficient (Wildman–Crippen LogP) is 3.11. The lowest BCUT2D eigenvalue weighted by molar-refractivity contribution is 0.217. The van der Waals surface area contributed by atoms with Crippen molar-refractivity contribution in [3.63, 3.8) is 0 Å². The van der Waals surface area contributed by atoms with Crippen molar-refractivity contribution in [1.29, 1.82) is 0 Å². The van der Waals surface area contributed by atoms with Gasteiger partial charge in [-0.1, -0.05) is 26.0 Å².